The lowest BCUT2D eigenvalue weighted by atomic mass is 10.0. The van der Waals surface area contributed by atoms with E-state index in [2.05, 4.69) is 6.07 Å². The Morgan fingerprint density at radius 2 is 1.64 bits per heavy atom. The van der Waals surface area contributed by atoms with Crippen LogP contribution in [0.1, 0.15) is 28.3 Å². The number of ether oxygens (including phenoxy) is 1. The molecule has 0 bridgehead atoms. The molecule has 7 heteroatoms. The lowest BCUT2D eigenvalue weighted by molar-refractivity contribution is -0.110. The quantitative estimate of drug-likeness (QED) is 0.553. The molecule has 3 aromatic rings. The molecule has 1 saturated heterocycles. The van der Waals surface area contributed by atoms with Gasteiger partial charge in [-0.15, -0.1) is 0 Å². The predicted molar refractivity (Wildman–Crippen MR) is 127 cm³/mol. The lowest BCUT2D eigenvalue weighted by Gasteiger charge is -2.32. The van der Waals surface area contributed by atoms with Gasteiger partial charge in [0, 0.05) is 20.1 Å². The van der Waals surface area contributed by atoms with E-state index in [-0.39, 0.29) is 12.6 Å². The SMILES string of the molecule is CN1OCC(S(=O)(=O)N2CCc3ccccc3C2)C1c1ccc(OCc2ccccc2)cc1. The summed E-state index contributed by atoms with van der Waals surface area (Å²) in [6.45, 7) is 1.55. The zero-order chi connectivity index (χ0) is 22.8. The molecule has 2 atom stereocenters. The minimum Gasteiger partial charge on any atom is -0.489 e. The number of hydrogen-bond acceptors (Lipinski definition) is 5. The number of fused-ring (bicyclic) bond motifs is 1. The molecule has 33 heavy (non-hydrogen) atoms. The lowest BCUT2D eigenvalue weighted by Crippen LogP contribution is -2.44. The molecular formula is C26H28N2O4S. The summed E-state index contributed by atoms with van der Waals surface area (Å²) < 4.78 is 34.8. The Kier molecular flexibility index (Phi) is 6.21. The average molecular weight is 465 g/mol. The molecule has 5 rings (SSSR count). The van der Waals surface area contributed by atoms with Crippen LogP contribution in [0.5, 0.6) is 5.75 Å². The van der Waals surface area contributed by atoms with Crippen LogP contribution in [0, 0.1) is 0 Å². The summed E-state index contributed by atoms with van der Waals surface area (Å²) in [4.78, 5) is 5.71. The van der Waals surface area contributed by atoms with Crippen LogP contribution in [-0.4, -0.2) is 43.2 Å². The van der Waals surface area contributed by atoms with Crippen LogP contribution >= 0.6 is 0 Å². The molecular weight excluding hydrogens is 436 g/mol. The molecule has 0 aliphatic carbocycles. The molecule has 6 nitrogen and oxygen atoms in total. The van der Waals surface area contributed by atoms with E-state index in [1.165, 1.54) is 5.56 Å². The van der Waals surface area contributed by atoms with Crippen molar-refractivity contribution in [2.75, 3.05) is 20.2 Å². The molecule has 0 N–H and O–H groups in total. The summed E-state index contributed by atoms with van der Waals surface area (Å²) in [6.07, 6.45) is 0.733. The maximum Gasteiger partial charge on any atom is 0.221 e. The first kappa shape index (κ1) is 22.1. The maximum absolute atomic E-state index is 13.6. The summed E-state index contributed by atoms with van der Waals surface area (Å²) >= 11 is 0. The zero-order valence-corrected chi connectivity index (χ0v) is 19.4. The average Bonchev–Trinajstić information content (AvgIpc) is 3.25. The molecule has 0 radical (unpaired) electrons. The number of benzene rings is 3. The van der Waals surface area contributed by atoms with Crippen LogP contribution in [0.25, 0.3) is 0 Å². The van der Waals surface area contributed by atoms with E-state index < -0.39 is 15.3 Å². The largest absolute Gasteiger partial charge is 0.489 e. The molecule has 2 aliphatic heterocycles. The summed E-state index contributed by atoms with van der Waals surface area (Å²) in [7, 11) is -1.76. The van der Waals surface area contributed by atoms with Crippen LogP contribution in [0.2, 0.25) is 0 Å². The van der Waals surface area contributed by atoms with Gasteiger partial charge in [-0.05, 0) is 40.8 Å². The smallest absolute Gasteiger partial charge is 0.221 e. The molecule has 2 aliphatic rings. The molecule has 2 heterocycles. The van der Waals surface area contributed by atoms with E-state index >= 15 is 0 Å². The fourth-order valence-corrected chi connectivity index (χ4v) is 6.59. The van der Waals surface area contributed by atoms with Crippen molar-refractivity contribution >= 4 is 10.0 Å². The first-order chi connectivity index (χ1) is 16.0. The topological polar surface area (TPSA) is 59.1 Å². The Bertz CT molecular complexity index is 1200. The van der Waals surface area contributed by atoms with Gasteiger partial charge >= 0.3 is 0 Å². The second-order valence-corrected chi connectivity index (χ2v) is 10.7. The van der Waals surface area contributed by atoms with E-state index in [0.29, 0.717) is 19.7 Å². The number of nitrogens with zero attached hydrogens (tertiary/aromatic N) is 2. The van der Waals surface area contributed by atoms with Gasteiger partial charge in [-0.2, -0.15) is 9.37 Å². The van der Waals surface area contributed by atoms with Gasteiger partial charge in [0.05, 0.1) is 12.6 Å². The third-order valence-electron chi connectivity index (χ3n) is 6.49. The highest BCUT2D eigenvalue weighted by molar-refractivity contribution is 7.89. The van der Waals surface area contributed by atoms with Crippen LogP contribution in [0.4, 0.5) is 0 Å². The Morgan fingerprint density at radius 3 is 2.39 bits per heavy atom. The minimum absolute atomic E-state index is 0.147. The van der Waals surface area contributed by atoms with E-state index in [0.717, 1.165) is 28.9 Å². The van der Waals surface area contributed by atoms with Gasteiger partial charge in [-0.1, -0.05) is 66.7 Å². The summed E-state index contributed by atoms with van der Waals surface area (Å²) in [5, 5.41) is 1.00. The van der Waals surface area contributed by atoms with Gasteiger partial charge in [0.1, 0.15) is 17.6 Å². The molecule has 0 saturated carbocycles. The molecule has 2 unspecified atom stereocenters. The Hall–Kier alpha value is -2.71. The summed E-state index contributed by atoms with van der Waals surface area (Å²) in [5.74, 6) is 0.746. The summed E-state index contributed by atoms with van der Waals surface area (Å²) in [5.41, 5.74) is 4.30. The second-order valence-electron chi connectivity index (χ2n) is 8.57. The van der Waals surface area contributed by atoms with Gasteiger partial charge in [0.25, 0.3) is 0 Å². The van der Waals surface area contributed by atoms with Gasteiger partial charge in [0.15, 0.2) is 0 Å². The number of hydroxylamine groups is 2. The first-order valence-electron chi connectivity index (χ1n) is 11.2. The number of hydrogen-bond donors (Lipinski definition) is 0. The predicted octanol–water partition coefficient (Wildman–Crippen LogP) is 3.94. The van der Waals surface area contributed by atoms with E-state index in [1.54, 1.807) is 16.4 Å². The van der Waals surface area contributed by atoms with Gasteiger partial charge in [-0.25, -0.2) is 8.42 Å². The van der Waals surface area contributed by atoms with Crippen molar-refractivity contribution in [3.63, 3.8) is 0 Å². The summed E-state index contributed by atoms with van der Waals surface area (Å²) in [6, 6.07) is 25.3. The maximum atomic E-state index is 13.6. The Morgan fingerprint density at radius 1 is 0.939 bits per heavy atom. The third-order valence-corrected chi connectivity index (χ3v) is 8.68. The fraction of sp³-hybridized carbons (Fsp3) is 0.308. The molecule has 0 amide bonds. The Balaban J connectivity index is 1.32. The zero-order valence-electron chi connectivity index (χ0n) is 18.6. The molecule has 3 aromatic carbocycles. The standard InChI is InChI=1S/C26H28N2O4S/c1-27-26(22-11-13-24(14-12-22)31-18-20-7-3-2-4-8-20)25(19-32-27)33(29,30)28-16-15-21-9-5-6-10-23(21)17-28/h2-14,25-26H,15-19H2,1H3. The normalized spacial score (nSPS) is 21.6. The fourth-order valence-electron chi connectivity index (χ4n) is 4.65. The van der Waals surface area contributed by atoms with Crippen molar-refractivity contribution in [3.8, 4) is 5.75 Å². The highest BCUT2D eigenvalue weighted by atomic mass is 32.2. The van der Waals surface area contributed by atoms with Crippen LogP contribution < -0.4 is 4.74 Å². The van der Waals surface area contributed by atoms with Crippen molar-refractivity contribution in [1.29, 1.82) is 0 Å². The second kappa shape index (κ2) is 9.27. The molecule has 172 valence electrons. The van der Waals surface area contributed by atoms with Crippen LogP contribution in [0.15, 0.2) is 78.9 Å². The van der Waals surface area contributed by atoms with Crippen LogP contribution in [-0.2, 0) is 34.4 Å². The molecule has 0 spiro atoms. The minimum atomic E-state index is -3.56. The van der Waals surface area contributed by atoms with Crippen molar-refractivity contribution in [2.24, 2.45) is 0 Å². The van der Waals surface area contributed by atoms with Crippen molar-refractivity contribution in [2.45, 2.75) is 30.9 Å². The van der Waals surface area contributed by atoms with E-state index in [4.69, 9.17) is 9.57 Å². The van der Waals surface area contributed by atoms with Crippen LogP contribution in [0.3, 0.4) is 0 Å². The number of rotatable bonds is 6. The highest BCUT2D eigenvalue weighted by Crippen LogP contribution is 2.37. The highest BCUT2D eigenvalue weighted by Gasteiger charge is 2.46. The Labute approximate surface area is 195 Å². The van der Waals surface area contributed by atoms with Gasteiger partial charge in [-0.3, -0.25) is 4.84 Å². The van der Waals surface area contributed by atoms with E-state index in [1.807, 2.05) is 72.8 Å². The van der Waals surface area contributed by atoms with Gasteiger partial charge in [0.2, 0.25) is 10.0 Å². The van der Waals surface area contributed by atoms with Crippen molar-refractivity contribution in [3.05, 3.63) is 101 Å². The molecule has 0 aromatic heterocycles. The van der Waals surface area contributed by atoms with E-state index in [9.17, 15) is 8.42 Å². The third kappa shape index (κ3) is 4.54. The molecule has 1 fully saturated rings. The van der Waals surface area contributed by atoms with Crippen molar-refractivity contribution in [1.82, 2.24) is 9.37 Å². The first-order valence-corrected chi connectivity index (χ1v) is 12.7. The van der Waals surface area contributed by atoms with Gasteiger partial charge < -0.3 is 4.74 Å². The van der Waals surface area contributed by atoms with Crippen molar-refractivity contribution < 1.29 is 18.0 Å². The number of sulfonamides is 1. The monoisotopic (exact) mass is 464 g/mol.